The van der Waals surface area contributed by atoms with Crippen LogP contribution in [0.15, 0.2) is 54.7 Å². The van der Waals surface area contributed by atoms with Crippen LogP contribution in [0.2, 0.25) is 0 Å². The van der Waals surface area contributed by atoms with Gasteiger partial charge in [-0.15, -0.1) is 0 Å². The van der Waals surface area contributed by atoms with E-state index in [1.54, 1.807) is 12.3 Å². The molecule has 0 atom stereocenters. The van der Waals surface area contributed by atoms with Gasteiger partial charge in [-0.25, -0.2) is 9.97 Å². The predicted molar refractivity (Wildman–Crippen MR) is 119 cm³/mol. The first-order chi connectivity index (χ1) is 14.0. The highest BCUT2D eigenvalue weighted by Crippen LogP contribution is 2.20. The molecule has 6 nitrogen and oxygen atoms in total. The summed E-state index contributed by atoms with van der Waals surface area (Å²) in [6.45, 7) is 10.3. The molecule has 0 fully saturated rings. The summed E-state index contributed by atoms with van der Waals surface area (Å²) < 4.78 is 0. The Hall–Kier alpha value is -3.41. The van der Waals surface area contributed by atoms with E-state index in [2.05, 4.69) is 51.5 Å². The van der Waals surface area contributed by atoms with Crippen LogP contribution in [-0.4, -0.2) is 29.0 Å². The van der Waals surface area contributed by atoms with Gasteiger partial charge in [0.25, 0.3) is 5.91 Å². The lowest BCUT2D eigenvalue weighted by atomic mass is 10.1. The van der Waals surface area contributed by atoms with Crippen LogP contribution in [0.25, 0.3) is 0 Å². The van der Waals surface area contributed by atoms with E-state index in [0.29, 0.717) is 11.6 Å². The summed E-state index contributed by atoms with van der Waals surface area (Å²) in [7, 11) is 0. The molecule has 2 N–H and O–H groups in total. The van der Waals surface area contributed by atoms with Crippen LogP contribution in [0.5, 0.6) is 0 Å². The zero-order valence-electron chi connectivity index (χ0n) is 17.4. The smallest absolute Gasteiger partial charge is 0.274 e. The average Bonchev–Trinajstić information content (AvgIpc) is 2.73. The Balaban J connectivity index is 1.70. The lowest BCUT2D eigenvalue weighted by molar-refractivity contribution is 0.102. The molecule has 1 heterocycles. The predicted octanol–water partition coefficient (Wildman–Crippen LogP) is 4.94. The zero-order valence-corrected chi connectivity index (χ0v) is 17.4. The second-order valence-electron chi connectivity index (χ2n) is 6.86. The van der Waals surface area contributed by atoms with E-state index >= 15 is 0 Å². The molecule has 0 aliphatic carbocycles. The molecule has 0 radical (unpaired) electrons. The molecule has 0 saturated heterocycles. The number of carbonyl (C=O) groups is 1. The highest BCUT2D eigenvalue weighted by atomic mass is 16.1. The fraction of sp³-hybridized carbons (Fsp3) is 0.261. The summed E-state index contributed by atoms with van der Waals surface area (Å²) in [6, 6.07) is 15.5. The van der Waals surface area contributed by atoms with Gasteiger partial charge in [0.05, 0.1) is 0 Å². The van der Waals surface area contributed by atoms with Gasteiger partial charge in [-0.05, 0) is 81.3 Å². The van der Waals surface area contributed by atoms with Gasteiger partial charge in [-0.1, -0.05) is 6.07 Å². The number of amides is 1. The normalized spacial score (nSPS) is 10.5. The standard InChI is InChI=1S/C23H27N5O/c1-5-28(6-2)20-11-9-18(10-12-20)26-23-24-14-13-21(27-23)22(29)25-19-8-7-16(3)17(4)15-19/h7-15H,5-6H2,1-4H3,(H,25,29)(H,24,26,27). The molecule has 29 heavy (non-hydrogen) atoms. The van der Waals surface area contributed by atoms with Gasteiger partial charge in [-0.2, -0.15) is 0 Å². The summed E-state index contributed by atoms with van der Waals surface area (Å²) in [5, 5.41) is 6.05. The van der Waals surface area contributed by atoms with Crippen molar-refractivity contribution in [3.63, 3.8) is 0 Å². The van der Waals surface area contributed by atoms with Crippen molar-refractivity contribution in [3.8, 4) is 0 Å². The van der Waals surface area contributed by atoms with E-state index in [9.17, 15) is 4.79 Å². The minimum Gasteiger partial charge on any atom is -0.372 e. The van der Waals surface area contributed by atoms with Crippen LogP contribution in [-0.2, 0) is 0 Å². The fourth-order valence-electron chi connectivity index (χ4n) is 3.03. The molecule has 1 aromatic heterocycles. The van der Waals surface area contributed by atoms with Gasteiger partial charge in [0.2, 0.25) is 5.95 Å². The topological polar surface area (TPSA) is 70.2 Å². The monoisotopic (exact) mass is 389 g/mol. The van der Waals surface area contributed by atoms with E-state index in [0.717, 1.165) is 30.0 Å². The second kappa shape index (κ2) is 9.19. The molecule has 6 heteroatoms. The van der Waals surface area contributed by atoms with Crippen LogP contribution in [0.1, 0.15) is 35.5 Å². The van der Waals surface area contributed by atoms with Crippen LogP contribution in [0, 0.1) is 13.8 Å². The van der Waals surface area contributed by atoms with Gasteiger partial charge in [-0.3, -0.25) is 4.79 Å². The number of nitrogens with one attached hydrogen (secondary N) is 2. The van der Waals surface area contributed by atoms with Crippen molar-refractivity contribution in [2.45, 2.75) is 27.7 Å². The number of carbonyl (C=O) groups excluding carboxylic acids is 1. The number of benzene rings is 2. The summed E-state index contributed by atoms with van der Waals surface area (Å²) in [5.41, 5.74) is 5.40. The molecule has 0 aliphatic heterocycles. The highest BCUT2D eigenvalue weighted by molar-refractivity contribution is 6.03. The summed E-state index contributed by atoms with van der Waals surface area (Å²) in [5.74, 6) is 0.115. The molecule has 0 spiro atoms. The van der Waals surface area contributed by atoms with E-state index in [1.165, 1.54) is 11.3 Å². The van der Waals surface area contributed by atoms with Gasteiger partial charge < -0.3 is 15.5 Å². The summed E-state index contributed by atoms with van der Waals surface area (Å²) >= 11 is 0. The molecule has 3 rings (SSSR count). The number of nitrogens with zero attached hydrogens (tertiary/aromatic N) is 3. The largest absolute Gasteiger partial charge is 0.372 e. The van der Waals surface area contributed by atoms with E-state index < -0.39 is 0 Å². The first-order valence-electron chi connectivity index (χ1n) is 9.83. The molecule has 2 aromatic carbocycles. The minimum absolute atomic E-state index is 0.268. The van der Waals surface area contributed by atoms with Crippen molar-refractivity contribution in [1.82, 2.24) is 9.97 Å². The fourth-order valence-corrected chi connectivity index (χ4v) is 3.03. The maximum atomic E-state index is 12.6. The molecule has 3 aromatic rings. The number of aryl methyl sites for hydroxylation is 2. The minimum atomic E-state index is -0.268. The van der Waals surface area contributed by atoms with Crippen LogP contribution in [0.3, 0.4) is 0 Å². The van der Waals surface area contributed by atoms with Crippen LogP contribution >= 0.6 is 0 Å². The third kappa shape index (κ3) is 5.10. The van der Waals surface area contributed by atoms with Crippen molar-refractivity contribution < 1.29 is 4.79 Å². The summed E-state index contributed by atoms with van der Waals surface area (Å²) in [6.07, 6.45) is 1.58. The van der Waals surface area contributed by atoms with Crippen molar-refractivity contribution in [1.29, 1.82) is 0 Å². The SMILES string of the molecule is CCN(CC)c1ccc(Nc2nccc(C(=O)Nc3ccc(C)c(C)c3)n2)cc1. The molecule has 0 bridgehead atoms. The Kier molecular flexibility index (Phi) is 6.44. The van der Waals surface area contributed by atoms with Gasteiger partial charge in [0, 0.05) is 36.3 Å². The summed E-state index contributed by atoms with van der Waals surface area (Å²) in [4.78, 5) is 23.4. The molecule has 1 amide bonds. The van der Waals surface area contributed by atoms with Gasteiger partial charge >= 0.3 is 0 Å². The Morgan fingerprint density at radius 2 is 1.62 bits per heavy atom. The number of hydrogen-bond donors (Lipinski definition) is 2. The molecule has 0 aliphatic rings. The van der Waals surface area contributed by atoms with E-state index in [1.807, 2.05) is 44.2 Å². The quantitative estimate of drug-likeness (QED) is 0.599. The first-order valence-corrected chi connectivity index (χ1v) is 9.83. The average molecular weight is 390 g/mol. The Morgan fingerprint density at radius 3 is 2.28 bits per heavy atom. The molecule has 0 saturated carbocycles. The molecule has 0 unspecified atom stereocenters. The molecule has 150 valence electrons. The molecular weight excluding hydrogens is 362 g/mol. The van der Waals surface area contributed by atoms with Crippen molar-refractivity contribution in [2.75, 3.05) is 28.6 Å². The van der Waals surface area contributed by atoms with Crippen molar-refractivity contribution >= 4 is 28.9 Å². The first kappa shape index (κ1) is 20.3. The van der Waals surface area contributed by atoms with Gasteiger partial charge in [0.1, 0.15) is 5.69 Å². The van der Waals surface area contributed by atoms with E-state index in [-0.39, 0.29) is 5.91 Å². The number of aromatic nitrogens is 2. The number of hydrogen-bond acceptors (Lipinski definition) is 5. The number of rotatable bonds is 7. The maximum Gasteiger partial charge on any atom is 0.274 e. The number of anilines is 4. The Labute approximate surface area is 172 Å². The van der Waals surface area contributed by atoms with Crippen LogP contribution in [0.4, 0.5) is 23.0 Å². The van der Waals surface area contributed by atoms with Crippen LogP contribution < -0.4 is 15.5 Å². The second-order valence-corrected chi connectivity index (χ2v) is 6.86. The third-order valence-corrected chi connectivity index (χ3v) is 4.91. The lowest BCUT2D eigenvalue weighted by Crippen LogP contribution is -2.21. The van der Waals surface area contributed by atoms with Gasteiger partial charge in [0.15, 0.2) is 0 Å². The maximum absolute atomic E-state index is 12.6. The highest BCUT2D eigenvalue weighted by Gasteiger charge is 2.10. The Bertz CT molecular complexity index is 981. The Morgan fingerprint density at radius 1 is 0.931 bits per heavy atom. The molecular formula is C23H27N5O. The zero-order chi connectivity index (χ0) is 20.8. The third-order valence-electron chi connectivity index (χ3n) is 4.91. The van der Waals surface area contributed by atoms with Crippen molar-refractivity contribution in [3.05, 3.63) is 71.5 Å². The lowest BCUT2D eigenvalue weighted by Gasteiger charge is -2.21. The van der Waals surface area contributed by atoms with Crippen molar-refractivity contribution in [2.24, 2.45) is 0 Å². The van der Waals surface area contributed by atoms with E-state index in [4.69, 9.17) is 0 Å².